The fourth-order valence-electron chi connectivity index (χ4n) is 2.11. The number of amides is 1. The molecule has 1 N–H and O–H groups in total. The fraction of sp³-hybridized carbons (Fsp3) is 0.211. The molecule has 2 rings (SSSR count). The summed E-state index contributed by atoms with van der Waals surface area (Å²) in [6.07, 6.45) is 1.23. The summed E-state index contributed by atoms with van der Waals surface area (Å²) >= 11 is 2.04. The van der Waals surface area contributed by atoms with Gasteiger partial charge in [0.1, 0.15) is 0 Å². The van der Waals surface area contributed by atoms with Crippen molar-refractivity contribution in [3.63, 3.8) is 0 Å². The summed E-state index contributed by atoms with van der Waals surface area (Å²) in [6.45, 7) is 1.60. The van der Waals surface area contributed by atoms with E-state index in [9.17, 15) is 14.4 Å². The molecule has 6 heteroatoms. The summed E-state index contributed by atoms with van der Waals surface area (Å²) < 4.78 is 5.86. The van der Waals surface area contributed by atoms with Crippen LogP contribution in [0.1, 0.15) is 40.5 Å². The van der Waals surface area contributed by atoms with Gasteiger partial charge in [-0.2, -0.15) is 0 Å². The Kier molecular flexibility index (Phi) is 7.12. The third-order valence-electron chi connectivity index (χ3n) is 3.40. The zero-order chi connectivity index (χ0) is 18.2. The molecule has 0 unspecified atom stereocenters. The van der Waals surface area contributed by atoms with Crippen LogP contribution in [0.3, 0.4) is 0 Å². The summed E-state index contributed by atoms with van der Waals surface area (Å²) in [5, 5.41) is 2.75. The van der Waals surface area contributed by atoms with Crippen LogP contribution in [0, 0.1) is 3.57 Å². The van der Waals surface area contributed by atoms with E-state index < -0.39 is 5.97 Å². The molecule has 2 aromatic carbocycles. The predicted octanol–water partition coefficient (Wildman–Crippen LogP) is 4.07. The van der Waals surface area contributed by atoms with Crippen molar-refractivity contribution in [2.24, 2.45) is 0 Å². The highest BCUT2D eigenvalue weighted by atomic mass is 127. The smallest absolute Gasteiger partial charge is 0.339 e. The van der Waals surface area contributed by atoms with Crippen LogP contribution in [0.2, 0.25) is 0 Å². The van der Waals surface area contributed by atoms with Gasteiger partial charge < -0.3 is 10.1 Å². The molecule has 5 nitrogen and oxygen atoms in total. The molecule has 25 heavy (non-hydrogen) atoms. The third kappa shape index (κ3) is 5.67. The molecular weight excluding hydrogens is 433 g/mol. The number of halogens is 1. The number of ketones is 1. The molecule has 0 aliphatic heterocycles. The number of ether oxygens (including phenoxy) is 1. The molecule has 0 aliphatic carbocycles. The predicted molar refractivity (Wildman–Crippen MR) is 104 cm³/mol. The molecule has 0 saturated heterocycles. The molecule has 0 aliphatic rings. The molecule has 0 heterocycles. The first-order valence-corrected chi connectivity index (χ1v) is 8.94. The molecule has 0 atom stereocenters. The molecular formula is C19H18INO4. The first-order chi connectivity index (χ1) is 12.0. The second kappa shape index (κ2) is 9.31. The summed E-state index contributed by atoms with van der Waals surface area (Å²) in [4.78, 5) is 35.7. The van der Waals surface area contributed by atoms with Crippen molar-refractivity contribution >= 4 is 45.9 Å². The topological polar surface area (TPSA) is 72.5 Å². The molecule has 2 aromatic rings. The minimum Gasteiger partial charge on any atom is -0.454 e. The monoisotopic (exact) mass is 451 g/mol. The SMILES string of the molecule is CCCC(=O)Nc1ccc(C(=O)COC(=O)c2ccccc2I)cc1. The van der Waals surface area contributed by atoms with Gasteiger partial charge in [-0.25, -0.2) is 4.79 Å². The van der Waals surface area contributed by atoms with E-state index in [2.05, 4.69) is 5.32 Å². The van der Waals surface area contributed by atoms with E-state index in [1.165, 1.54) is 0 Å². The van der Waals surface area contributed by atoms with Gasteiger partial charge in [0.15, 0.2) is 12.4 Å². The Morgan fingerprint density at radius 3 is 2.36 bits per heavy atom. The highest BCUT2D eigenvalue weighted by Gasteiger charge is 2.14. The van der Waals surface area contributed by atoms with Crippen molar-refractivity contribution in [2.45, 2.75) is 19.8 Å². The van der Waals surface area contributed by atoms with Gasteiger partial charge in [-0.15, -0.1) is 0 Å². The molecule has 0 spiro atoms. The quantitative estimate of drug-likeness (QED) is 0.392. The number of esters is 1. The molecule has 0 radical (unpaired) electrons. The van der Waals surface area contributed by atoms with Crippen molar-refractivity contribution in [1.29, 1.82) is 0 Å². The van der Waals surface area contributed by atoms with Crippen LogP contribution in [0.25, 0.3) is 0 Å². The normalized spacial score (nSPS) is 10.2. The van der Waals surface area contributed by atoms with Crippen molar-refractivity contribution < 1.29 is 19.1 Å². The lowest BCUT2D eigenvalue weighted by atomic mass is 10.1. The van der Waals surface area contributed by atoms with Gasteiger partial charge in [-0.05, 0) is 65.4 Å². The van der Waals surface area contributed by atoms with Gasteiger partial charge in [-0.1, -0.05) is 19.1 Å². The number of rotatable bonds is 7. The largest absolute Gasteiger partial charge is 0.454 e. The van der Waals surface area contributed by atoms with Crippen LogP contribution < -0.4 is 5.32 Å². The second-order valence-electron chi connectivity index (χ2n) is 5.35. The van der Waals surface area contributed by atoms with Gasteiger partial charge in [0, 0.05) is 21.2 Å². The molecule has 1 amide bonds. The Hall–Kier alpha value is -2.22. The third-order valence-corrected chi connectivity index (χ3v) is 4.34. The maximum atomic E-state index is 12.1. The van der Waals surface area contributed by atoms with Crippen LogP contribution in [0.15, 0.2) is 48.5 Å². The lowest BCUT2D eigenvalue weighted by Crippen LogP contribution is -2.15. The van der Waals surface area contributed by atoms with Crippen LogP contribution in [0.4, 0.5) is 5.69 Å². The molecule has 0 aromatic heterocycles. The number of nitrogens with one attached hydrogen (secondary N) is 1. The molecule has 0 saturated carbocycles. The average Bonchev–Trinajstić information content (AvgIpc) is 2.60. The van der Waals surface area contributed by atoms with Gasteiger partial charge in [0.25, 0.3) is 0 Å². The number of hydrogen-bond donors (Lipinski definition) is 1. The van der Waals surface area contributed by atoms with Gasteiger partial charge >= 0.3 is 5.97 Å². The number of carbonyl (C=O) groups excluding carboxylic acids is 3. The van der Waals surface area contributed by atoms with E-state index in [0.717, 1.165) is 9.99 Å². The van der Waals surface area contributed by atoms with Crippen LogP contribution in [0.5, 0.6) is 0 Å². The molecule has 0 fully saturated rings. The highest BCUT2D eigenvalue weighted by Crippen LogP contribution is 2.14. The van der Waals surface area contributed by atoms with Crippen molar-refractivity contribution in [3.05, 3.63) is 63.2 Å². The maximum Gasteiger partial charge on any atom is 0.339 e. The van der Waals surface area contributed by atoms with E-state index in [0.29, 0.717) is 23.2 Å². The highest BCUT2D eigenvalue weighted by molar-refractivity contribution is 14.1. The Bertz CT molecular complexity index is 771. The van der Waals surface area contributed by atoms with Gasteiger partial charge in [0.05, 0.1) is 5.56 Å². The maximum absolute atomic E-state index is 12.1. The standard InChI is InChI=1S/C19H18INO4/c1-2-5-18(23)21-14-10-8-13(9-11-14)17(22)12-25-19(24)15-6-3-4-7-16(15)20/h3-4,6-11H,2,5,12H2,1H3,(H,21,23). The van der Waals surface area contributed by atoms with Crippen molar-refractivity contribution in [2.75, 3.05) is 11.9 Å². The lowest BCUT2D eigenvalue weighted by Gasteiger charge is -2.07. The second-order valence-corrected chi connectivity index (χ2v) is 6.52. The Balaban J connectivity index is 1.91. The number of anilines is 1. The lowest BCUT2D eigenvalue weighted by molar-refractivity contribution is -0.116. The number of carbonyl (C=O) groups is 3. The van der Waals surface area contributed by atoms with Crippen LogP contribution in [-0.4, -0.2) is 24.3 Å². The Labute approximate surface area is 159 Å². The summed E-state index contributed by atoms with van der Waals surface area (Å²) in [7, 11) is 0. The first kappa shape index (κ1) is 19.1. The zero-order valence-corrected chi connectivity index (χ0v) is 15.9. The van der Waals surface area contributed by atoms with E-state index in [4.69, 9.17) is 4.74 Å². The fourth-order valence-corrected chi connectivity index (χ4v) is 2.72. The summed E-state index contributed by atoms with van der Waals surface area (Å²) in [5.74, 6) is -0.888. The Morgan fingerprint density at radius 2 is 1.72 bits per heavy atom. The molecule has 130 valence electrons. The Morgan fingerprint density at radius 1 is 1.04 bits per heavy atom. The van der Waals surface area contributed by atoms with Gasteiger partial charge in [0.2, 0.25) is 5.91 Å². The number of hydrogen-bond acceptors (Lipinski definition) is 4. The van der Waals surface area contributed by atoms with E-state index in [1.807, 2.05) is 35.6 Å². The van der Waals surface area contributed by atoms with E-state index in [-0.39, 0.29) is 18.3 Å². The zero-order valence-electron chi connectivity index (χ0n) is 13.8. The van der Waals surface area contributed by atoms with Crippen molar-refractivity contribution in [3.8, 4) is 0 Å². The van der Waals surface area contributed by atoms with Crippen LogP contribution >= 0.6 is 22.6 Å². The van der Waals surface area contributed by atoms with E-state index in [1.54, 1.807) is 42.5 Å². The number of Topliss-reactive ketones (excluding diaryl/α,β-unsaturated/α-hetero) is 1. The summed E-state index contributed by atoms with van der Waals surface area (Å²) in [6, 6.07) is 13.5. The molecule has 0 bridgehead atoms. The summed E-state index contributed by atoms with van der Waals surface area (Å²) in [5.41, 5.74) is 1.49. The number of benzene rings is 2. The van der Waals surface area contributed by atoms with Crippen LogP contribution in [-0.2, 0) is 9.53 Å². The first-order valence-electron chi connectivity index (χ1n) is 7.86. The van der Waals surface area contributed by atoms with Crippen molar-refractivity contribution in [1.82, 2.24) is 0 Å². The minimum atomic E-state index is -0.526. The minimum absolute atomic E-state index is 0.0621. The average molecular weight is 451 g/mol. The van der Waals surface area contributed by atoms with E-state index >= 15 is 0 Å². The van der Waals surface area contributed by atoms with Gasteiger partial charge in [-0.3, -0.25) is 9.59 Å².